The molecule has 94 valence electrons. The molecule has 0 aliphatic rings. The van der Waals surface area contributed by atoms with E-state index in [0.29, 0.717) is 0 Å². The van der Waals surface area contributed by atoms with Crippen molar-refractivity contribution in [2.45, 2.75) is 13.0 Å². The van der Waals surface area contributed by atoms with Crippen molar-refractivity contribution in [2.24, 2.45) is 5.73 Å². The summed E-state index contributed by atoms with van der Waals surface area (Å²) in [4.78, 5) is 0. The molecule has 2 rings (SSSR count). The van der Waals surface area contributed by atoms with Crippen LogP contribution >= 0.6 is 11.6 Å². The molecule has 0 saturated carbocycles. The van der Waals surface area contributed by atoms with Crippen LogP contribution in [0.3, 0.4) is 0 Å². The van der Waals surface area contributed by atoms with Crippen LogP contribution in [0.1, 0.15) is 22.7 Å². The first kappa shape index (κ1) is 12.9. The maximum Gasteiger partial charge on any atom is 0.119 e. The summed E-state index contributed by atoms with van der Waals surface area (Å²) in [6.07, 6.45) is 0. The van der Waals surface area contributed by atoms with Gasteiger partial charge in [0.2, 0.25) is 0 Å². The highest BCUT2D eigenvalue weighted by atomic mass is 35.5. The van der Waals surface area contributed by atoms with Gasteiger partial charge in [-0.05, 0) is 41.8 Å². The van der Waals surface area contributed by atoms with Crippen LogP contribution in [0.5, 0.6) is 5.75 Å². The van der Waals surface area contributed by atoms with Crippen molar-refractivity contribution in [3.63, 3.8) is 0 Å². The van der Waals surface area contributed by atoms with E-state index in [9.17, 15) is 0 Å². The van der Waals surface area contributed by atoms with Crippen molar-refractivity contribution in [1.82, 2.24) is 0 Å². The van der Waals surface area contributed by atoms with E-state index >= 15 is 0 Å². The molecule has 0 aliphatic heterocycles. The van der Waals surface area contributed by atoms with Gasteiger partial charge >= 0.3 is 0 Å². The Balaban J connectivity index is 2.34. The highest BCUT2D eigenvalue weighted by Crippen LogP contribution is 2.26. The van der Waals surface area contributed by atoms with Gasteiger partial charge in [0.15, 0.2) is 0 Å². The number of rotatable bonds is 3. The molecule has 2 aromatic rings. The molecule has 1 unspecified atom stereocenters. The summed E-state index contributed by atoms with van der Waals surface area (Å²) in [7, 11) is 1.65. The quantitative estimate of drug-likeness (QED) is 0.914. The van der Waals surface area contributed by atoms with Crippen molar-refractivity contribution in [3.05, 3.63) is 64.2 Å². The van der Waals surface area contributed by atoms with Crippen LogP contribution < -0.4 is 10.5 Å². The summed E-state index contributed by atoms with van der Waals surface area (Å²) in [5.74, 6) is 0.814. The van der Waals surface area contributed by atoms with E-state index in [1.807, 2.05) is 49.4 Å². The molecule has 1 atom stereocenters. The monoisotopic (exact) mass is 261 g/mol. The minimum Gasteiger partial charge on any atom is -0.497 e. The third kappa shape index (κ3) is 2.66. The van der Waals surface area contributed by atoms with Gasteiger partial charge in [0, 0.05) is 5.02 Å². The summed E-state index contributed by atoms with van der Waals surface area (Å²) in [6.45, 7) is 1.98. The third-order valence-corrected chi connectivity index (χ3v) is 3.42. The lowest BCUT2D eigenvalue weighted by atomic mass is 9.98. The van der Waals surface area contributed by atoms with Crippen molar-refractivity contribution in [1.29, 1.82) is 0 Å². The lowest BCUT2D eigenvalue weighted by Crippen LogP contribution is -2.12. The van der Waals surface area contributed by atoms with Gasteiger partial charge in [0.1, 0.15) is 5.75 Å². The largest absolute Gasteiger partial charge is 0.497 e. The van der Waals surface area contributed by atoms with E-state index in [4.69, 9.17) is 22.1 Å². The Bertz CT molecular complexity index is 554. The van der Waals surface area contributed by atoms with E-state index in [0.717, 1.165) is 27.5 Å². The van der Waals surface area contributed by atoms with E-state index < -0.39 is 0 Å². The molecule has 0 aromatic heterocycles. The van der Waals surface area contributed by atoms with Crippen LogP contribution in [0.15, 0.2) is 42.5 Å². The Morgan fingerprint density at radius 2 is 1.83 bits per heavy atom. The molecule has 2 nitrogen and oxygen atoms in total. The second kappa shape index (κ2) is 5.42. The van der Waals surface area contributed by atoms with Gasteiger partial charge in [0.25, 0.3) is 0 Å². The topological polar surface area (TPSA) is 35.2 Å². The SMILES string of the molecule is COc1cccc(C(N)c2ccc(Cl)c(C)c2)c1. The number of halogens is 1. The number of aryl methyl sites for hydroxylation is 1. The lowest BCUT2D eigenvalue weighted by Gasteiger charge is -2.14. The molecular weight excluding hydrogens is 246 g/mol. The van der Waals surface area contributed by atoms with Crippen LogP contribution in [0.2, 0.25) is 5.02 Å². The van der Waals surface area contributed by atoms with Crippen molar-refractivity contribution < 1.29 is 4.74 Å². The van der Waals surface area contributed by atoms with E-state index in [2.05, 4.69) is 0 Å². The van der Waals surface area contributed by atoms with Gasteiger partial charge in [0.05, 0.1) is 13.2 Å². The Morgan fingerprint density at radius 3 is 2.50 bits per heavy atom. The van der Waals surface area contributed by atoms with Crippen LogP contribution in [-0.4, -0.2) is 7.11 Å². The van der Waals surface area contributed by atoms with Crippen molar-refractivity contribution in [3.8, 4) is 5.75 Å². The minimum absolute atomic E-state index is 0.170. The predicted octanol–water partition coefficient (Wildman–Crippen LogP) is 3.71. The molecule has 18 heavy (non-hydrogen) atoms. The highest BCUT2D eigenvalue weighted by molar-refractivity contribution is 6.31. The predicted molar refractivity (Wildman–Crippen MR) is 75.2 cm³/mol. The van der Waals surface area contributed by atoms with Crippen LogP contribution in [0.25, 0.3) is 0 Å². The number of nitrogens with two attached hydrogens (primary N) is 1. The number of ether oxygens (including phenoxy) is 1. The molecular formula is C15H16ClNO. The first-order chi connectivity index (χ1) is 8.61. The summed E-state index contributed by atoms with van der Waals surface area (Å²) < 4.78 is 5.21. The molecule has 0 amide bonds. The van der Waals surface area contributed by atoms with E-state index in [1.165, 1.54) is 0 Å². The van der Waals surface area contributed by atoms with Gasteiger partial charge in [-0.1, -0.05) is 35.9 Å². The van der Waals surface area contributed by atoms with Crippen molar-refractivity contribution >= 4 is 11.6 Å². The van der Waals surface area contributed by atoms with Gasteiger partial charge in [-0.2, -0.15) is 0 Å². The van der Waals surface area contributed by atoms with Gasteiger partial charge in [-0.3, -0.25) is 0 Å². The standard InChI is InChI=1S/C15H16ClNO/c1-10-8-12(6-7-14(10)16)15(17)11-4-3-5-13(9-11)18-2/h3-9,15H,17H2,1-2H3. The normalized spacial score (nSPS) is 12.2. The molecule has 0 saturated heterocycles. The fourth-order valence-electron chi connectivity index (χ4n) is 1.89. The summed E-state index contributed by atoms with van der Waals surface area (Å²) in [5.41, 5.74) is 9.37. The second-order valence-corrected chi connectivity index (χ2v) is 4.67. The molecule has 0 fully saturated rings. The fourth-order valence-corrected chi connectivity index (χ4v) is 2.01. The van der Waals surface area contributed by atoms with E-state index in [-0.39, 0.29) is 6.04 Å². The zero-order valence-electron chi connectivity index (χ0n) is 10.5. The molecule has 0 bridgehead atoms. The number of hydrogen-bond donors (Lipinski definition) is 1. The number of methoxy groups -OCH3 is 1. The van der Waals surface area contributed by atoms with Gasteiger partial charge in [-0.15, -0.1) is 0 Å². The zero-order chi connectivity index (χ0) is 13.1. The van der Waals surface area contributed by atoms with Gasteiger partial charge < -0.3 is 10.5 Å². The minimum atomic E-state index is -0.170. The Labute approximate surface area is 112 Å². The van der Waals surface area contributed by atoms with Crippen molar-refractivity contribution in [2.75, 3.05) is 7.11 Å². The first-order valence-corrected chi connectivity index (χ1v) is 6.15. The number of benzene rings is 2. The van der Waals surface area contributed by atoms with Crippen LogP contribution in [0, 0.1) is 6.92 Å². The highest BCUT2D eigenvalue weighted by Gasteiger charge is 2.10. The number of hydrogen-bond acceptors (Lipinski definition) is 2. The Hall–Kier alpha value is -1.51. The summed E-state index contributed by atoms with van der Waals surface area (Å²) >= 11 is 6.02. The molecule has 0 radical (unpaired) electrons. The molecule has 3 heteroatoms. The Kier molecular flexibility index (Phi) is 3.90. The summed E-state index contributed by atoms with van der Waals surface area (Å²) in [6, 6.07) is 13.5. The smallest absolute Gasteiger partial charge is 0.119 e. The Morgan fingerprint density at radius 1 is 1.11 bits per heavy atom. The average molecular weight is 262 g/mol. The zero-order valence-corrected chi connectivity index (χ0v) is 11.2. The van der Waals surface area contributed by atoms with E-state index in [1.54, 1.807) is 7.11 Å². The fraction of sp³-hybridized carbons (Fsp3) is 0.200. The summed E-state index contributed by atoms with van der Waals surface area (Å²) in [5, 5.41) is 0.761. The molecule has 2 N–H and O–H groups in total. The average Bonchev–Trinajstić information content (AvgIpc) is 2.41. The third-order valence-electron chi connectivity index (χ3n) is 2.99. The lowest BCUT2D eigenvalue weighted by molar-refractivity contribution is 0.414. The molecule has 0 spiro atoms. The molecule has 0 heterocycles. The van der Waals surface area contributed by atoms with Gasteiger partial charge in [-0.25, -0.2) is 0 Å². The maximum absolute atomic E-state index is 6.26. The second-order valence-electron chi connectivity index (χ2n) is 4.26. The van der Waals surface area contributed by atoms with Crippen LogP contribution in [0.4, 0.5) is 0 Å². The van der Waals surface area contributed by atoms with Crippen LogP contribution in [-0.2, 0) is 0 Å². The molecule has 0 aliphatic carbocycles. The molecule has 2 aromatic carbocycles. The first-order valence-electron chi connectivity index (χ1n) is 5.77. The maximum atomic E-state index is 6.26.